The van der Waals surface area contributed by atoms with Crippen molar-refractivity contribution in [3.05, 3.63) is 42.9 Å². The third-order valence-electron chi connectivity index (χ3n) is 4.87. The third-order valence-corrected chi connectivity index (χ3v) is 5.84. The van der Waals surface area contributed by atoms with Crippen LogP contribution in [0, 0.1) is 0 Å². The van der Waals surface area contributed by atoms with Gasteiger partial charge in [0.05, 0.1) is 23.8 Å². The Hall–Kier alpha value is -3.40. The number of fused-ring (bicyclic) bond motifs is 1. The number of thioether (sulfide) groups is 1. The molecule has 1 amide bonds. The molecular formula is C21H24N8OS. The molecule has 31 heavy (non-hydrogen) atoms. The third kappa shape index (κ3) is 4.38. The molecule has 0 aliphatic carbocycles. The molecule has 0 atom stereocenters. The Balaban J connectivity index is 1.46. The van der Waals surface area contributed by atoms with Crippen molar-refractivity contribution in [1.29, 1.82) is 0 Å². The van der Waals surface area contributed by atoms with Gasteiger partial charge in [-0.15, -0.1) is 10.2 Å². The highest BCUT2D eigenvalue weighted by molar-refractivity contribution is 7.99. The summed E-state index contributed by atoms with van der Waals surface area (Å²) in [6.45, 7) is 2.69. The van der Waals surface area contributed by atoms with Gasteiger partial charge in [-0.2, -0.15) is 0 Å². The summed E-state index contributed by atoms with van der Waals surface area (Å²) < 4.78 is 3.91. The van der Waals surface area contributed by atoms with Crippen molar-refractivity contribution in [1.82, 2.24) is 29.3 Å². The number of hydrogen-bond acceptors (Lipinski definition) is 7. The van der Waals surface area contributed by atoms with Crippen LogP contribution in [0.15, 0.2) is 48.0 Å². The SMILES string of the molecule is CCn1c(SCC(=O)Nc2ccc(N(C)C)cc2)nnc1-c1cc2c(cn1)ncn2C. The fourth-order valence-electron chi connectivity index (χ4n) is 3.19. The lowest BCUT2D eigenvalue weighted by Crippen LogP contribution is -2.15. The summed E-state index contributed by atoms with van der Waals surface area (Å²) in [4.78, 5) is 23.2. The lowest BCUT2D eigenvalue weighted by atomic mass is 10.2. The molecule has 1 N–H and O–H groups in total. The van der Waals surface area contributed by atoms with E-state index in [2.05, 4.69) is 25.5 Å². The van der Waals surface area contributed by atoms with Crippen molar-refractivity contribution in [2.24, 2.45) is 7.05 Å². The largest absolute Gasteiger partial charge is 0.378 e. The normalized spacial score (nSPS) is 11.1. The molecule has 10 heteroatoms. The highest BCUT2D eigenvalue weighted by Gasteiger charge is 2.16. The number of aromatic nitrogens is 6. The Morgan fingerprint density at radius 2 is 1.94 bits per heavy atom. The molecular weight excluding hydrogens is 412 g/mol. The summed E-state index contributed by atoms with van der Waals surface area (Å²) in [5.41, 5.74) is 4.38. The van der Waals surface area contributed by atoms with Crippen molar-refractivity contribution in [3.63, 3.8) is 0 Å². The van der Waals surface area contributed by atoms with Gasteiger partial charge in [-0.25, -0.2) is 4.98 Å². The topological polar surface area (TPSA) is 93.8 Å². The molecule has 0 spiro atoms. The van der Waals surface area contributed by atoms with Crippen LogP contribution in [0.5, 0.6) is 0 Å². The van der Waals surface area contributed by atoms with Crippen LogP contribution < -0.4 is 10.2 Å². The summed E-state index contributed by atoms with van der Waals surface area (Å²) in [5.74, 6) is 0.818. The summed E-state index contributed by atoms with van der Waals surface area (Å²) in [6, 6.07) is 9.68. The first kappa shape index (κ1) is 20.9. The van der Waals surface area contributed by atoms with Crippen LogP contribution >= 0.6 is 11.8 Å². The van der Waals surface area contributed by atoms with Gasteiger partial charge in [0, 0.05) is 39.1 Å². The van der Waals surface area contributed by atoms with E-state index in [1.807, 2.05) is 72.4 Å². The number of pyridine rings is 1. The average Bonchev–Trinajstić information content (AvgIpc) is 3.35. The van der Waals surface area contributed by atoms with Gasteiger partial charge in [0.25, 0.3) is 0 Å². The Kier molecular flexibility index (Phi) is 5.90. The van der Waals surface area contributed by atoms with E-state index in [0.717, 1.165) is 28.1 Å². The molecule has 0 unspecified atom stereocenters. The van der Waals surface area contributed by atoms with Crippen LogP contribution in [0.2, 0.25) is 0 Å². The summed E-state index contributed by atoms with van der Waals surface area (Å²) >= 11 is 1.35. The van der Waals surface area contributed by atoms with Gasteiger partial charge in [-0.3, -0.25) is 9.78 Å². The zero-order valence-corrected chi connectivity index (χ0v) is 18.7. The second-order valence-electron chi connectivity index (χ2n) is 7.24. The Morgan fingerprint density at radius 1 is 1.16 bits per heavy atom. The molecule has 160 valence electrons. The first-order chi connectivity index (χ1) is 15.0. The van der Waals surface area contributed by atoms with Crippen LogP contribution in [-0.2, 0) is 18.4 Å². The summed E-state index contributed by atoms with van der Waals surface area (Å²) in [6.07, 6.45) is 3.50. The highest BCUT2D eigenvalue weighted by Crippen LogP contribution is 2.25. The molecule has 4 aromatic rings. The van der Waals surface area contributed by atoms with E-state index in [4.69, 9.17) is 0 Å². The quantitative estimate of drug-likeness (QED) is 0.445. The monoisotopic (exact) mass is 436 g/mol. The number of rotatable bonds is 7. The molecule has 0 radical (unpaired) electrons. The number of amides is 1. The smallest absolute Gasteiger partial charge is 0.234 e. The average molecular weight is 437 g/mol. The van der Waals surface area contributed by atoms with Gasteiger partial charge in [0.15, 0.2) is 11.0 Å². The predicted molar refractivity (Wildman–Crippen MR) is 123 cm³/mol. The van der Waals surface area contributed by atoms with Crippen LogP contribution in [-0.4, -0.2) is 55.1 Å². The number of aryl methyl sites for hydroxylation is 1. The fraction of sp³-hybridized carbons (Fsp3) is 0.286. The zero-order valence-electron chi connectivity index (χ0n) is 17.9. The first-order valence-corrected chi connectivity index (χ1v) is 10.9. The highest BCUT2D eigenvalue weighted by atomic mass is 32.2. The Morgan fingerprint density at radius 3 is 2.65 bits per heavy atom. The molecule has 4 rings (SSSR count). The van der Waals surface area contributed by atoms with Crippen LogP contribution in [0.1, 0.15) is 6.92 Å². The first-order valence-electron chi connectivity index (χ1n) is 9.87. The van der Waals surface area contributed by atoms with Gasteiger partial charge in [0.1, 0.15) is 11.2 Å². The van der Waals surface area contributed by atoms with E-state index >= 15 is 0 Å². The van der Waals surface area contributed by atoms with Gasteiger partial charge < -0.3 is 19.4 Å². The van der Waals surface area contributed by atoms with Gasteiger partial charge in [-0.1, -0.05) is 11.8 Å². The van der Waals surface area contributed by atoms with E-state index in [-0.39, 0.29) is 11.7 Å². The van der Waals surface area contributed by atoms with Gasteiger partial charge in [0.2, 0.25) is 5.91 Å². The lowest BCUT2D eigenvalue weighted by molar-refractivity contribution is -0.113. The predicted octanol–water partition coefficient (Wildman–Crippen LogP) is 3.04. The van der Waals surface area contributed by atoms with Crippen molar-refractivity contribution >= 4 is 40.1 Å². The second-order valence-corrected chi connectivity index (χ2v) is 8.18. The molecule has 1 aromatic carbocycles. The minimum absolute atomic E-state index is 0.0933. The number of nitrogens with one attached hydrogen (secondary N) is 1. The standard InChI is InChI=1S/C21H24N8OS/c1-5-29-20(16-10-18-17(11-22-16)23-13-28(18)4)25-26-21(29)31-12-19(30)24-14-6-8-15(9-7-14)27(2)3/h6-11,13H,5,12H2,1-4H3,(H,24,30). The van der Waals surface area contributed by atoms with Gasteiger partial charge in [-0.05, 0) is 37.3 Å². The maximum Gasteiger partial charge on any atom is 0.234 e. The molecule has 0 saturated heterocycles. The fourth-order valence-corrected chi connectivity index (χ4v) is 4.00. The molecule has 0 bridgehead atoms. The van der Waals surface area contributed by atoms with Crippen molar-refractivity contribution in [2.45, 2.75) is 18.6 Å². The maximum absolute atomic E-state index is 12.4. The number of carbonyl (C=O) groups excluding carboxylic acids is 1. The second kappa shape index (κ2) is 8.76. The van der Waals surface area contributed by atoms with E-state index in [0.29, 0.717) is 17.5 Å². The molecule has 3 heterocycles. The van der Waals surface area contributed by atoms with E-state index in [9.17, 15) is 4.79 Å². The van der Waals surface area contributed by atoms with Gasteiger partial charge >= 0.3 is 0 Å². The van der Waals surface area contributed by atoms with Crippen LogP contribution in [0.25, 0.3) is 22.6 Å². The molecule has 9 nitrogen and oxygen atoms in total. The number of benzene rings is 1. The summed E-state index contributed by atoms with van der Waals surface area (Å²) in [5, 5.41) is 12.2. The number of nitrogens with zero attached hydrogens (tertiary/aromatic N) is 7. The van der Waals surface area contributed by atoms with Crippen molar-refractivity contribution in [3.8, 4) is 11.5 Å². The Labute approximate surface area is 184 Å². The van der Waals surface area contributed by atoms with Crippen LogP contribution in [0.3, 0.4) is 0 Å². The van der Waals surface area contributed by atoms with Crippen LogP contribution in [0.4, 0.5) is 11.4 Å². The number of hydrogen-bond donors (Lipinski definition) is 1. The molecule has 0 aliphatic heterocycles. The van der Waals surface area contributed by atoms with Crippen molar-refractivity contribution in [2.75, 3.05) is 30.1 Å². The van der Waals surface area contributed by atoms with E-state index < -0.39 is 0 Å². The minimum atomic E-state index is -0.0933. The summed E-state index contributed by atoms with van der Waals surface area (Å²) in [7, 11) is 5.90. The molecule has 0 saturated carbocycles. The number of anilines is 2. The molecule has 0 aliphatic rings. The minimum Gasteiger partial charge on any atom is -0.378 e. The number of carbonyl (C=O) groups is 1. The van der Waals surface area contributed by atoms with E-state index in [1.54, 1.807) is 12.5 Å². The molecule has 0 fully saturated rings. The van der Waals surface area contributed by atoms with E-state index in [1.165, 1.54) is 11.8 Å². The van der Waals surface area contributed by atoms with Crippen molar-refractivity contribution < 1.29 is 4.79 Å². The molecule has 3 aromatic heterocycles. The Bertz CT molecular complexity index is 1210. The lowest BCUT2D eigenvalue weighted by Gasteiger charge is -2.13. The number of imidazole rings is 1. The zero-order chi connectivity index (χ0) is 22.0. The maximum atomic E-state index is 12.4.